The van der Waals surface area contributed by atoms with Crippen LogP contribution in [0, 0.1) is 19.7 Å². The van der Waals surface area contributed by atoms with Gasteiger partial charge in [-0.15, -0.1) is 11.6 Å². The highest BCUT2D eigenvalue weighted by Gasteiger charge is 2.19. The molecule has 3 heterocycles. The van der Waals surface area contributed by atoms with E-state index in [0.29, 0.717) is 30.2 Å². The Labute approximate surface area is 225 Å². The first-order valence-corrected chi connectivity index (χ1v) is 14.4. The summed E-state index contributed by atoms with van der Waals surface area (Å²) in [4.78, 5) is 4.03. The van der Waals surface area contributed by atoms with E-state index in [-0.39, 0.29) is 17.5 Å². The highest BCUT2D eigenvalue weighted by atomic mass is 35.5. The van der Waals surface area contributed by atoms with Gasteiger partial charge >= 0.3 is 0 Å². The van der Waals surface area contributed by atoms with Gasteiger partial charge in [0.2, 0.25) is 15.9 Å². The van der Waals surface area contributed by atoms with Crippen molar-refractivity contribution in [1.82, 2.24) is 14.1 Å². The summed E-state index contributed by atoms with van der Waals surface area (Å²) in [5.74, 6) is -0.0949. The summed E-state index contributed by atoms with van der Waals surface area (Å²) >= 11 is 6.03. The Hall–Kier alpha value is -3.56. The Morgan fingerprint density at radius 2 is 1.82 bits per heavy atom. The first kappa shape index (κ1) is 26.1. The van der Waals surface area contributed by atoms with Gasteiger partial charge in [-0.05, 0) is 79.4 Å². The highest BCUT2D eigenvalue weighted by Crippen LogP contribution is 2.38. The maximum absolute atomic E-state index is 13.9. The lowest BCUT2D eigenvalue weighted by Crippen LogP contribution is -2.14. The van der Waals surface area contributed by atoms with Crippen LogP contribution in [0.3, 0.4) is 0 Å². The van der Waals surface area contributed by atoms with E-state index in [0.717, 1.165) is 44.1 Å². The first-order valence-electron chi connectivity index (χ1n) is 12.2. The Morgan fingerprint density at radius 1 is 1.08 bits per heavy atom. The van der Waals surface area contributed by atoms with Crippen LogP contribution in [0.2, 0.25) is 0 Å². The van der Waals surface area contributed by atoms with Gasteiger partial charge in [-0.25, -0.2) is 17.8 Å². The molecule has 198 valence electrons. The molecule has 2 N–H and O–H groups in total. The molecular weight excluding hydrogens is 527 g/mol. The number of halogens is 2. The number of aryl methyl sites for hydroxylation is 3. The molecule has 7 nitrogen and oxygen atoms in total. The van der Waals surface area contributed by atoms with Crippen molar-refractivity contribution in [2.75, 3.05) is 16.4 Å². The molecule has 0 bridgehead atoms. The predicted octanol–water partition coefficient (Wildman–Crippen LogP) is 6.17. The molecule has 10 heteroatoms. The number of pyridine rings is 1. The van der Waals surface area contributed by atoms with Crippen molar-refractivity contribution in [3.63, 3.8) is 0 Å². The molecule has 5 aromatic rings. The minimum atomic E-state index is -3.56. The van der Waals surface area contributed by atoms with Gasteiger partial charge in [0.05, 0.1) is 17.0 Å². The molecule has 0 amide bonds. The number of sulfonamides is 1. The molecule has 0 spiro atoms. The molecule has 0 aliphatic rings. The normalized spacial score (nSPS) is 12.0. The number of hydrogen-bond acceptors (Lipinski definition) is 4. The van der Waals surface area contributed by atoms with E-state index < -0.39 is 10.0 Å². The van der Waals surface area contributed by atoms with Crippen LogP contribution in [0.15, 0.2) is 55.0 Å². The Balaban J connectivity index is 1.75. The standard InChI is InChI=1S/C28H28ClFN4O3S/c1-4-38(36,37)32-25-13-19(24-16-34(10-7-29)27-21(24)5-8-31-28(27)35)14-26-22(25)6-9-33(26)15-23-17(2)11-20(30)12-18(23)3/h5-6,8-9,11-14,16,32H,4,7,10,15H2,1-3H3,(H,31,35). The maximum Gasteiger partial charge on any atom is 0.236 e. The SMILES string of the molecule is CCS(=O)(=O)Nc1cc(-c2cn(CCCl)c3c(O)nccc23)cc2c1ccn2Cc1c(C)cc(F)cc1C. The van der Waals surface area contributed by atoms with Crippen molar-refractivity contribution >= 4 is 49.1 Å². The van der Waals surface area contributed by atoms with E-state index in [1.54, 1.807) is 6.92 Å². The average molecular weight is 555 g/mol. The van der Waals surface area contributed by atoms with Crippen molar-refractivity contribution in [3.8, 4) is 17.0 Å². The molecule has 0 fully saturated rings. The number of benzene rings is 2. The van der Waals surface area contributed by atoms with Crippen LogP contribution in [0.4, 0.5) is 10.1 Å². The zero-order chi connectivity index (χ0) is 27.2. The fraction of sp³-hybridized carbons (Fsp3) is 0.250. The van der Waals surface area contributed by atoms with Gasteiger partial charge in [-0.2, -0.15) is 0 Å². The molecule has 0 radical (unpaired) electrons. The van der Waals surface area contributed by atoms with Crippen molar-refractivity contribution in [1.29, 1.82) is 0 Å². The van der Waals surface area contributed by atoms with E-state index in [4.69, 9.17) is 11.6 Å². The second kappa shape index (κ2) is 9.96. The minimum Gasteiger partial charge on any atom is -0.492 e. The predicted molar refractivity (Wildman–Crippen MR) is 151 cm³/mol. The number of alkyl halides is 1. The number of aromatic nitrogens is 3. The van der Waals surface area contributed by atoms with Gasteiger partial charge in [0.25, 0.3) is 0 Å². The smallest absolute Gasteiger partial charge is 0.236 e. The number of hydrogen-bond donors (Lipinski definition) is 2. The van der Waals surface area contributed by atoms with Crippen molar-refractivity contribution in [2.45, 2.75) is 33.9 Å². The second-order valence-corrected chi connectivity index (χ2v) is 11.8. The van der Waals surface area contributed by atoms with Crippen LogP contribution in [0.5, 0.6) is 5.88 Å². The van der Waals surface area contributed by atoms with Gasteiger partial charge in [-0.1, -0.05) is 0 Å². The number of aromatic hydroxyl groups is 1. The summed E-state index contributed by atoms with van der Waals surface area (Å²) in [5.41, 5.74) is 6.11. The monoisotopic (exact) mass is 554 g/mol. The molecule has 0 aliphatic heterocycles. The number of fused-ring (bicyclic) bond motifs is 2. The molecule has 5 rings (SSSR count). The van der Waals surface area contributed by atoms with E-state index in [1.807, 2.05) is 59.6 Å². The number of rotatable bonds is 8. The topological polar surface area (TPSA) is 89.2 Å². The van der Waals surface area contributed by atoms with Crippen molar-refractivity contribution in [2.24, 2.45) is 0 Å². The van der Waals surface area contributed by atoms with Crippen LogP contribution >= 0.6 is 11.6 Å². The first-order chi connectivity index (χ1) is 18.1. The lowest BCUT2D eigenvalue weighted by atomic mass is 10.0. The fourth-order valence-corrected chi connectivity index (χ4v) is 5.83. The number of nitrogens with zero attached hydrogens (tertiary/aromatic N) is 3. The average Bonchev–Trinajstić information content (AvgIpc) is 3.44. The zero-order valence-corrected chi connectivity index (χ0v) is 22.9. The third-order valence-corrected chi connectivity index (χ3v) is 8.39. The van der Waals surface area contributed by atoms with Gasteiger partial charge in [0.15, 0.2) is 0 Å². The van der Waals surface area contributed by atoms with Gasteiger partial charge < -0.3 is 14.2 Å². The van der Waals surface area contributed by atoms with Crippen LogP contribution in [0.25, 0.3) is 32.9 Å². The fourth-order valence-electron chi connectivity index (χ4n) is 5.00. The lowest BCUT2D eigenvalue weighted by molar-refractivity contribution is 0.457. The van der Waals surface area contributed by atoms with E-state index in [2.05, 4.69) is 9.71 Å². The quantitative estimate of drug-likeness (QED) is 0.225. The molecule has 2 aromatic carbocycles. The molecule has 0 atom stereocenters. The van der Waals surface area contributed by atoms with E-state index in [9.17, 15) is 17.9 Å². The van der Waals surface area contributed by atoms with E-state index in [1.165, 1.54) is 18.3 Å². The summed E-state index contributed by atoms with van der Waals surface area (Å²) in [6.07, 6.45) is 5.34. The minimum absolute atomic E-state index is 0.0675. The van der Waals surface area contributed by atoms with Crippen molar-refractivity contribution < 1.29 is 17.9 Å². The van der Waals surface area contributed by atoms with Crippen molar-refractivity contribution in [3.05, 3.63) is 77.5 Å². The summed E-state index contributed by atoms with van der Waals surface area (Å²) < 4.78 is 45.8. The van der Waals surface area contributed by atoms with Crippen LogP contribution in [0.1, 0.15) is 23.6 Å². The molecule has 0 saturated heterocycles. The second-order valence-electron chi connectivity index (χ2n) is 9.38. The summed E-state index contributed by atoms with van der Waals surface area (Å²) in [7, 11) is -3.56. The third kappa shape index (κ3) is 4.72. The summed E-state index contributed by atoms with van der Waals surface area (Å²) in [6.45, 7) is 6.31. The summed E-state index contributed by atoms with van der Waals surface area (Å²) in [6, 6.07) is 10.6. The Bertz CT molecular complexity index is 1770. The van der Waals surface area contributed by atoms with Crippen LogP contribution in [-0.2, 0) is 23.1 Å². The molecule has 3 aromatic heterocycles. The van der Waals surface area contributed by atoms with Gasteiger partial charge in [-0.3, -0.25) is 4.72 Å². The Kier molecular flexibility index (Phi) is 6.83. The maximum atomic E-state index is 13.9. The zero-order valence-electron chi connectivity index (χ0n) is 21.3. The molecule has 0 unspecified atom stereocenters. The number of anilines is 1. The third-order valence-electron chi connectivity index (χ3n) is 6.93. The lowest BCUT2D eigenvalue weighted by Gasteiger charge is -2.15. The molecule has 38 heavy (non-hydrogen) atoms. The van der Waals surface area contributed by atoms with Crippen LogP contribution in [-0.4, -0.2) is 39.3 Å². The van der Waals surface area contributed by atoms with Gasteiger partial charge in [0, 0.05) is 53.9 Å². The number of nitrogens with one attached hydrogen (secondary N) is 1. The highest BCUT2D eigenvalue weighted by molar-refractivity contribution is 7.92. The largest absolute Gasteiger partial charge is 0.492 e. The van der Waals surface area contributed by atoms with Crippen LogP contribution < -0.4 is 4.72 Å². The molecular formula is C28H28ClFN4O3S. The Morgan fingerprint density at radius 3 is 2.50 bits per heavy atom. The van der Waals surface area contributed by atoms with E-state index >= 15 is 0 Å². The molecule has 0 aliphatic carbocycles. The molecule has 0 saturated carbocycles. The summed E-state index contributed by atoms with van der Waals surface area (Å²) in [5, 5.41) is 12.0. The van der Waals surface area contributed by atoms with Gasteiger partial charge in [0.1, 0.15) is 11.3 Å².